The number of ether oxygens (including phenoxy) is 1. The van der Waals surface area contributed by atoms with Crippen LogP contribution in [0.25, 0.3) is 11.0 Å². The van der Waals surface area contributed by atoms with Gasteiger partial charge in [-0.15, -0.1) is 0 Å². The van der Waals surface area contributed by atoms with Crippen LogP contribution in [0.4, 0.5) is 10.1 Å². The molecule has 1 aromatic heterocycles. The number of fused-ring (bicyclic) bond motifs is 2. The Labute approximate surface area is 190 Å². The third-order valence-corrected chi connectivity index (χ3v) is 5.79. The molecule has 1 aliphatic heterocycles. The topological polar surface area (TPSA) is 59.8 Å². The van der Waals surface area contributed by atoms with Crippen LogP contribution in [-0.4, -0.2) is 12.5 Å². The van der Waals surface area contributed by atoms with Gasteiger partial charge in [0.15, 0.2) is 5.43 Å². The minimum absolute atomic E-state index is 0.0236. The summed E-state index contributed by atoms with van der Waals surface area (Å²) in [5.74, 6) is -0.331. The van der Waals surface area contributed by atoms with Crippen molar-refractivity contribution < 1.29 is 18.3 Å². The van der Waals surface area contributed by atoms with E-state index in [2.05, 4.69) is 0 Å². The molecule has 3 aromatic carbocycles. The van der Waals surface area contributed by atoms with Gasteiger partial charge in [-0.1, -0.05) is 36.8 Å². The third kappa shape index (κ3) is 3.57. The van der Waals surface area contributed by atoms with E-state index in [1.54, 1.807) is 4.90 Å². The molecular weight excluding hydrogens is 421 g/mol. The van der Waals surface area contributed by atoms with Crippen LogP contribution in [0.2, 0.25) is 0 Å². The molecule has 4 aromatic rings. The highest BCUT2D eigenvalue weighted by Gasteiger charge is 2.43. The average molecular weight is 443 g/mol. The summed E-state index contributed by atoms with van der Waals surface area (Å²) >= 11 is 0. The molecule has 166 valence electrons. The molecule has 5 rings (SSSR count). The Bertz CT molecular complexity index is 1420. The maximum Gasteiger partial charge on any atom is 0.295 e. The number of aryl methyl sites for hydroxylation is 1. The molecule has 0 spiro atoms. The van der Waals surface area contributed by atoms with E-state index < -0.39 is 23.2 Å². The zero-order valence-electron chi connectivity index (χ0n) is 18.3. The van der Waals surface area contributed by atoms with Crippen molar-refractivity contribution in [2.75, 3.05) is 11.5 Å². The van der Waals surface area contributed by atoms with Gasteiger partial charge in [0, 0.05) is 5.69 Å². The van der Waals surface area contributed by atoms with Crippen molar-refractivity contribution in [3.63, 3.8) is 0 Å². The van der Waals surface area contributed by atoms with Gasteiger partial charge in [-0.2, -0.15) is 0 Å². The summed E-state index contributed by atoms with van der Waals surface area (Å²) in [6.45, 7) is 4.53. The van der Waals surface area contributed by atoms with Crippen LogP contribution in [0.3, 0.4) is 0 Å². The number of rotatable bonds is 5. The summed E-state index contributed by atoms with van der Waals surface area (Å²) in [5, 5.41) is 0.107. The van der Waals surface area contributed by atoms with E-state index in [9.17, 15) is 14.0 Å². The Kier molecular flexibility index (Phi) is 5.21. The number of halogens is 1. The van der Waals surface area contributed by atoms with Crippen molar-refractivity contribution in [2.45, 2.75) is 26.3 Å². The summed E-state index contributed by atoms with van der Waals surface area (Å²) in [5.41, 5.74) is 2.35. The largest absolute Gasteiger partial charge is 0.494 e. The zero-order valence-corrected chi connectivity index (χ0v) is 18.3. The van der Waals surface area contributed by atoms with Crippen molar-refractivity contribution >= 4 is 22.6 Å². The fourth-order valence-electron chi connectivity index (χ4n) is 4.23. The second-order valence-corrected chi connectivity index (χ2v) is 8.15. The molecule has 5 nitrogen and oxygen atoms in total. The second kappa shape index (κ2) is 8.20. The van der Waals surface area contributed by atoms with Crippen LogP contribution >= 0.6 is 0 Å². The first-order valence-corrected chi connectivity index (χ1v) is 10.9. The number of amides is 1. The lowest BCUT2D eigenvalue weighted by atomic mass is 9.98. The Balaban J connectivity index is 1.76. The van der Waals surface area contributed by atoms with E-state index in [1.165, 1.54) is 12.1 Å². The molecule has 2 heterocycles. The molecule has 1 aliphatic rings. The van der Waals surface area contributed by atoms with Gasteiger partial charge in [-0.25, -0.2) is 4.39 Å². The molecular formula is C27H22FNO4. The Morgan fingerprint density at radius 2 is 1.82 bits per heavy atom. The molecule has 0 fully saturated rings. The molecule has 0 aliphatic carbocycles. The molecule has 0 radical (unpaired) electrons. The monoisotopic (exact) mass is 443 g/mol. The number of hydrogen-bond acceptors (Lipinski definition) is 4. The molecule has 1 unspecified atom stereocenters. The summed E-state index contributed by atoms with van der Waals surface area (Å²) < 4.78 is 25.6. The van der Waals surface area contributed by atoms with E-state index in [0.29, 0.717) is 23.6 Å². The van der Waals surface area contributed by atoms with Crippen LogP contribution in [-0.2, 0) is 0 Å². The average Bonchev–Trinajstić information content (AvgIpc) is 3.11. The van der Waals surface area contributed by atoms with Gasteiger partial charge < -0.3 is 9.15 Å². The van der Waals surface area contributed by atoms with Gasteiger partial charge in [0.1, 0.15) is 17.1 Å². The predicted octanol–water partition coefficient (Wildman–Crippen LogP) is 5.78. The quantitative estimate of drug-likeness (QED) is 0.392. The fourth-order valence-corrected chi connectivity index (χ4v) is 4.23. The normalized spacial score (nSPS) is 15.2. The van der Waals surface area contributed by atoms with Crippen LogP contribution in [0.15, 0.2) is 75.9 Å². The highest BCUT2D eigenvalue weighted by Crippen LogP contribution is 2.42. The predicted molar refractivity (Wildman–Crippen MR) is 125 cm³/mol. The van der Waals surface area contributed by atoms with Crippen LogP contribution in [0.5, 0.6) is 5.75 Å². The summed E-state index contributed by atoms with van der Waals surface area (Å²) in [7, 11) is 0. The van der Waals surface area contributed by atoms with Gasteiger partial charge in [0.05, 0.1) is 23.6 Å². The molecule has 0 saturated heterocycles. The van der Waals surface area contributed by atoms with Gasteiger partial charge in [-0.05, 0) is 61.4 Å². The zero-order chi connectivity index (χ0) is 23.1. The third-order valence-electron chi connectivity index (χ3n) is 5.79. The van der Waals surface area contributed by atoms with Crippen LogP contribution in [0.1, 0.15) is 46.6 Å². The van der Waals surface area contributed by atoms with Crippen molar-refractivity contribution in [2.24, 2.45) is 0 Å². The molecule has 0 saturated carbocycles. The van der Waals surface area contributed by atoms with E-state index in [4.69, 9.17) is 9.15 Å². The first kappa shape index (κ1) is 20.9. The molecule has 1 amide bonds. The van der Waals surface area contributed by atoms with Crippen molar-refractivity contribution in [1.82, 2.24) is 0 Å². The first-order valence-electron chi connectivity index (χ1n) is 10.9. The van der Waals surface area contributed by atoms with Crippen molar-refractivity contribution in [3.05, 3.63) is 105 Å². The SMILES string of the molecule is CCCOc1cccc(C2c3c(oc4ccc(F)cc4c3=O)C(=O)N2c2ccc(C)cc2)c1. The van der Waals surface area contributed by atoms with E-state index in [-0.39, 0.29) is 22.3 Å². The fraction of sp³-hybridized carbons (Fsp3) is 0.185. The van der Waals surface area contributed by atoms with E-state index in [1.807, 2.05) is 62.4 Å². The summed E-state index contributed by atoms with van der Waals surface area (Å²) in [6, 6.07) is 17.9. The standard InChI is InChI=1S/C27H22FNO4/c1-3-13-32-20-6-4-5-17(14-20)24-23-25(30)21-15-18(28)9-12-22(21)33-26(23)27(31)29(24)19-10-7-16(2)8-11-19/h4-12,14-15,24H,3,13H2,1-2H3. The minimum Gasteiger partial charge on any atom is -0.494 e. The smallest absolute Gasteiger partial charge is 0.295 e. The Morgan fingerprint density at radius 1 is 1.03 bits per heavy atom. The lowest BCUT2D eigenvalue weighted by molar-refractivity contribution is 0.0971. The van der Waals surface area contributed by atoms with E-state index >= 15 is 0 Å². The van der Waals surface area contributed by atoms with Gasteiger partial charge >= 0.3 is 0 Å². The van der Waals surface area contributed by atoms with Crippen LogP contribution < -0.4 is 15.1 Å². The number of hydrogen-bond donors (Lipinski definition) is 0. The van der Waals surface area contributed by atoms with Gasteiger partial charge in [-0.3, -0.25) is 14.5 Å². The van der Waals surface area contributed by atoms with Crippen molar-refractivity contribution in [1.29, 1.82) is 0 Å². The van der Waals surface area contributed by atoms with Gasteiger partial charge in [0.25, 0.3) is 5.91 Å². The Morgan fingerprint density at radius 3 is 2.58 bits per heavy atom. The number of benzene rings is 3. The molecule has 0 N–H and O–H groups in total. The lowest BCUT2D eigenvalue weighted by Gasteiger charge is -2.25. The second-order valence-electron chi connectivity index (χ2n) is 8.15. The number of carbonyl (C=O) groups excluding carboxylic acids is 1. The summed E-state index contributed by atoms with van der Waals surface area (Å²) in [4.78, 5) is 28.7. The molecule has 0 bridgehead atoms. The summed E-state index contributed by atoms with van der Waals surface area (Å²) in [6.07, 6.45) is 0.853. The minimum atomic E-state index is -0.732. The molecule has 33 heavy (non-hydrogen) atoms. The number of anilines is 1. The van der Waals surface area contributed by atoms with Gasteiger partial charge in [0.2, 0.25) is 5.76 Å². The van der Waals surface area contributed by atoms with Crippen molar-refractivity contribution in [3.8, 4) is 5.75 Å². The van der Waals surface area contributed by atoms with E-state index in [0.717, 1.165) is 18.1 Å². The van der Waals surface area contributed by atoms with Crippen LogP contribution in [0, 0.1) is 12.7 Å². The lowest BCUT2D eigenvalue weighted by Crippen LogP contribution is -2.29. The highest BCUT2D eigenvalue weighted by atomic mass is 19.1. The number of carbonyl (C=O) groups is 1. The highest BCUT2D eigenvalue weighted by molar-refractivity contribution is 6.10. The number of nitrogens with zero attached hydrogens (tertiary/aromatic N) is 1. The first-order chi connectivity index (χ1) is 16.0. The molecule has 1 atom stereocenters. The Hall–Kier alpha value is -3.93. The molecule has 6 heteroatoms. The maximum atomic E-state index is 13.9. The maximum absolute atomic E-state index is 13.9.